The number of hydrogen-bond donors (Lipinski definition) is 1. The lowest BCUT2D eigenvalue weighted by Gasteiger charge is -2.17. The average Bonchev–Trinajstić information content (AvgIpc) is 2.71. The maximum Gasteiger partial charge on any atom is 0.336 e. The molecule has 0 spiro atoms. The molecule has 0 radical (unpaired) electrons. The summed E-state index contributed by atoms with van der Waals surface area (Å²) < 4.78 is 16.2. The Morgan fingerprint density at radius 2 is 1.77 bits per heavy atom. The molecular weight excluding hydrogens is 378 g/mol. The first-order valence-electron chi connectivity index (χ1n) is 10.4. The van der Waals surface area contributed by atoms with Crippen molar-refractivity contribution in [3.8, 4) is 11.5 Å². The fourth-order valence-corrected chi connectivity index (χ4v) is 3.97. The molecule has 5 heteroatoms. The highest BCUT2D eigenvalue weighted by Gasteiger charge is 2.14. The number of rotatable bonds is 8. The molecule has 0 saturated heterocycles. The van der Waals surface area contributed by atoms with Gasteiger partial charge in [-0.2, -0.15) is 0 Å². The molecule has 0 amide bonds. The molecule has 0 bridgehead atoms. The molecule has 0 fully saturated rings. The molecule has 1 N–H and O–H groups in total. The molecule has 0 saturated carbocycles. The van der Waals surface area contributed by atoms with Crippen molar-refractivity contribution in [3.05, 3.63) is 69.1 Å². The summed E-state index contributed by atoms with van der Waals surface area (Å²) >= 11 is 0. The van der Waals surface area contributed by atoms with E-state index in [1.165, 1.54) is 16.0 Å². The standard InChI is InChI=1S/C25H31NO4/c1-16(2)20-14-21-19(13-25(27)30-23(21)11-17(20)3)15-26(4)10-9-18-7-8-22(28-5)24(12-18)29-6/h7-8,11-14,16H,9-10,15H2,1-6H3/p+1. The fraction of sp³-hybridized carbons (Fsp3) is 0.400. The normalized spacial score (nSPS) is 12.4. The zero-order valence-corrected chi connectivity index (χ0v) is 18.8. The average molecular weight is 411 g/mol. The van der Waals surface area contributed by atoms with Crippen LogP contribution < -0.4 is 20.0 Å². The summed E-state index contributed by atoms with van der Waals surface area (Å²) in [4.78, 5) is 13.4. The Bertz CT molecular complexity index is 1080. The van der Waals surface area contributed by atoms with Crippen LogP contribution in [-0.2, 0) is 13.0 Å². The lowest BCUT2D eigenvalue weighted by atomic mass is 9.95. The Balaban J connectivity index is 1.80. The summed E-state index contributed by atoms with van der Waals surface area (Å²) in [7, 11) is 5.44. The molecule has 3 aromatic rings. The minimum Gasteiger partial charge on any atom is -0.493 e. The molecule has 5 nitrogen and oxygen atoms in total. The number of fused-ring (bicyclic) bond motifs is 1. The number of ether oxygens (including phenoxy) is 2. The SMILES string of the molecule is COc1ccc(CC[NH+](C)Cc2cc(=O)oc3cc(C)c(C(C)C)cc23)cc1OC. The number of likely N-dealkylation sites (N-methyl/N-ethyl adjacent to an activating group) is 1. The van der Waals surface area contributed by atoms with Gasteiger partial charge in [0.1, 0.15) is 12.1 Å². The third-order valence-electron chi connectivity index (χ3n) is 5.62. The van der Waals surface area contributed by atoms with Gasteiger partial charge in [-0.3, -0.25) is 0 Å². The Labute approximate surface area is 178 Å². The van der Waals surface area contributed by atoms with Crippen molar-refractivity contribution in [1.82, 2.24) is 0 Å². The summed E-state index contributed by atoms with van der Waals surface area (Å²) in [6.07, 6.45) is 0.905. The zero-order chi connectivity index (χ0) is 21.8. The van der Waals surface area contributed by atoms with Crippen LogP contribution in [0.3, 0.4) is 0 Å². The van der Waals surface area contributed by atoms with Gasteiger partial charge >= 0.3 is 5.63 Å². The smallest absolute Gasteiger partial charge is 0.336 e. The first kappa shape index (κ1) is 21.9. The van der Waals surface area contributed by atoms with Gasteiger partial charge in [-0.15, -0.1) is 0 Å². The van der Waals surface area contributed by atoms with E-state index in [0.717, 1.165) is 47.5 Å². The highest BCUT2D eigenvalue weighted by atomic mass is 16.5. The van der Waals surface area contributed by atoms with Crippen molar-refractivity contribution in [2.75, 3.05) is 27.8 Å². The summed E-state index contributed by atoms with van der Waals surface area (Å²) in [5, 5.41) is 1.04. The van der Waals surface area contributed by atoms with Crippen LogP contribution in [0.1, 0.15) is 42.0 Å². The van der Waals surface area contributed by atoms with Gasteiger partial charge in [-0.1, -0.05) is 19.9 Å². The van der Waals surface area contributed by atoms with Crippen LogP contribution in [0, 0.1) is 6.92 Å². The predicted octanol–water partition coefficient (Wildman–Crippen LogP) is 3.50. The van der Waals surface area contributed by atoms with Gasteiger partial charge in [0.25, 0.3) is 0 Å². The van der Waals surface area contributed by atoms with E-state index < -0.39 is 0 Å². The van der Waals surface area contributed by atoms with E-state index in [1.807, 2.05) is 18.2 Å². The Hall–Kier alpha value is -2.79. The third-order valence-corrected chi connectivity index (χ3v) is 5.62. The fourth-order valence-electron chi connectivity index (χ4n) is 3.97. The van der Waals surface area contributed by atoms with Gasteiger partial charge in [0.15, 0.2) is 11.5 Å². The third kappa shape index (κ3) is 4.85. The molecule has 0 aliphatic carbocycles. The minimum atomic E-state index is -0.290. The minimum absolute atomic E-state index is 0.290. The highest BCUT2D eigenvalue weighted by Crippen LogP contribution is 2.28. The van der Waals surface area contributed by atoms with Gasteiger partial charge < -0.3 is 18.8 Å². The maximum atomic E-state index is 12.1. The summed E-state index contributed by atoms with van der Waals surface area (Å²) in [6.45, 7) is 8.14. The molecule has 1 aromatic heterocycles. The van der Waals surface area contributed by atoms with Crippen LogP contribution in [0.5, 0.6) is 11.5 Å². The van der Waals surface area contributed by atoms with Gasteiger partial charge in [-0.25, -0.2) is 4.79 Å². The molecule has 30 heavy (non-hydrogen) atoms. The number of benzene rings is 2. The second kappa shape index (κ2) is 9.35. The van der Waals surface area contributed by atoms with Crippen LogP contribution in [-0.4, -0.2) is 27.8 Å². The van der Waals surface area contributed by atoms with E-state index in [0.29, 0.717) is 11.5 Å². The number of nitrogens with one attached hydrogen (secondary N) is 1. The Morgan fingerprint density at radius 1 is 1.03 bits per heavy atom. The molecule has 1 unspecified atom stereocenters. The van der Waals surface area contributed by atoms with Crippen LogP contribution in [0.4, 0.5) is 0 Å². The van der Waals surface area contributed by atoms with E-state index in [-0.39, 0.29) is 5.63 Å². The van der Waals surface area contributed by atoms with E-state index >= 15 is 0 Å². The van der Waals surface area contributed by atoms with Crippen molar-refractivity contribution < 1.29 is 18.8 Å². The molecular formula is C25H32NO4+. The van der Waals surface area contributed by atoms with Crippen molar-refractivity contribution in [3.63, 3.8) is 0 Å². The summed E-state index contributed by atoms with van der Waals surface area (Å²) in [5.74, 6) is 1.90. The van der Waals surface area contributed by atoms with E-state index in [1.54, 1.807) is 20.3 Å². The Kier molecular flexibility index (Phi) is 6.83. The topological polar surface area (TPSA) is 53.1 Å². The summed E-state index contributed by atoms with van der Waals surface area (Å²) in [5.41, 5.74) is 5.07. The number of aryl methyl sites for hydroxylation is 1. The summed E-state index contributed by atoms with van der Waals surface area (Å²) in [6, 6.07) is 11.9. The molecule has 3 rings (SSSR count). The van der Waals surface area contributed by atoms with Gasteiger partial charge in [0.05, 0.1) is 27.8 Å². The zero-order valence-electron chi connectivity index (χ0n) is 18.8. The van der Waals surface area contributed by atoms with Gasteiger partial charge in [0.2, 0.25) is 0 Å². The quantitative estimate of drug-likeness (QED) is 0.578. The largest absolute Gasteiger partial charge is 0.493 e. The van der Waals surface area contributed by atoms with E-state index in [9.17, 15) is 4.79 Å². The van der Waals surface area contributed by atoms with Crippen LogP contribution >= 0.6 is 0 Å². The maximum absolute atomic E-state index is 12.1. The second-order valence-corrected chi connectivity index (χ2v) is 8.27. The van der Waals surface area contributed by atoms with Crippen molar-refractivity contribution in [2.24, 2.45) is 0 Å². The predicted molar refractivity (Wildman–Crippen MR) is 120 cm³/mol. The number of quaternary nitrogens is 1. The lowest BCUT2D eigenvalue weighted by molar-refractivity contribution is -0.893. The first-order valence-corrected chi connectivity index (χ1v) is 10.4. The Morgan fingerprint density at radius 3 is 2.43 bits per heavy atom. The van der Waals surface area contributed by atoms with Crippen molar-refractivity contribution >= 4 is 11.0 Å². The number of hydrogen-bond acceptors (Lipinski definition) is 4. The van der Waals surface area contributed by atoms with Crippen LogP contribution in [0.2, 0.25) is 0 Å². The number of methoxy groups -OCH3 is 2. The van der Waals surface area contributed by atoms with Crippen LogP contribution in [0.15, 0.2) is 45.6 Å². The monoisotopic (exact) mass is 410 g/mol. The molecule has 160 valence electrons. The molecule has 2 aromatic carbocycles. The molecule has 0 aliphatic heterocycles. The van der Waals surface area contributed by atoms with Crippen molar-refractivity contribution in [2.45, 2.75) is 39.7 Å². The van der Waals surface area contributed by atoms with Crippen molar-refractivity contribution in [1.29, 1.82) is 0 Å². The second-order valence-electron chi connectivity index (χ2n) is 8.27. The molecule has 1 heterocycles. The molecule has 1 atom stereocenters. The molecule has 0 aliphatic rings. The highest BCUT2D eigenvalue weighted by molar-refractivity contribution is 5.82. The first-order chi connectivity index (χ1) is 14.3. The van der Waals surface area contributed by atoms with E-state index in [4.69, 9.17) is 13.9 Å². The van der Waals surface area contributed by atoms with Gasteiger partial charge in [-0.05, 0) is 53.8 Å². The van der Waals surface area contributed by atoms with E-state index in [2.05, 4.69) is 40.0 Å². The lowest BCUT2D eigenvalue weighted by Crippen LogP contribution is -3.07. The van der Waals surface area contributed by atoms with Gasteiger partial charge in [0, 0.05) is 23.4 Å². The van der Waals surface area contributed by atoms with Crippen LogP contribution in [0.25, 0.3) is 11.0 Å².